The molecule has 8 heteroatoms. The lowest BCUT2D eigenvalue weighted by molar-refractivity contribution is -0.120. The smallest absolute Gasteiger partial charge is 0.275 e. The molecule has 0 aliphatic rings. The van der Waals surface area contributed by atoms with Gasteiger partial charge in [-0.15, -0.1) is 11.3 Å². The van der Waals surface area contributed by atoms with Gasteiger partial charge in [-0.05, 0) is 37.6 Å². The van der Waals surface area contributed by atoms with Gasteiger partial charge in [-0.25, -0.2) is 9.97 Å². The van der Waals surface area contributed by atoms with Crippen molar-refractivity contribution in [1.82, 2.24) is 9.97 Å². The van der Waals surface area contributed by atoms with E-state index in [1.807, 2.05) is 56.3 Å². The third kappa shape index (κ3) is 4.03. The van der Waals surface area contributed by atoms with Gasteiger partial charge in [0.2, 0.25) is 5.91 Å². The second-order valence-electron chi connectivity index (χ2n) is 6.97. The standard InChI is InChI=1S/C21H18N4O2S2/c1-21(2,13-6-4-3-5-7-13)19(27)25-20-24-15-9-8-14(10-17(15)29-20)23-18(26)16-11-28-12-22-16/h3-12H,1-2H3,(H,23,26)(H,24,25,27). The second-order valence-corrected chi connectivity index (χ2v) is 8.72. The lowest BCUT2D eigenvalue weighted by Crippen LogP contribution is -2.34. The molecule has 4 rings (SSSR count). The van der Waals surface area contributed by atoms with Gasteiger partial charge in [0.15, 0.2) is 5.13 Å². The number of anilines is 2. The van der Waals surface area contributed by atoms with Gasteiger partial charge in [0.25, 0.3) is 5.91 Å². The maximum Gasteiger partial charge on any atom is 0.275 e. The van der Waals surface area contributed by atoms with E-state index in [2.05, 4.69) is 20.6 Å². The van der Waals surface area contributed by atoms with Crippen molar-refractivity contribution in [2.24, 2.45) is 0 Å². The van der Waals surface area contributed by atoms with E-state index in [0.717, 1.165) is 15.8 Å². The Morgan fingerprint density at radius 3 is 2.55 bits per heavy atom. The number of carbonyl (C=O) groups is 2. The lowest BCUT2D eigenvalue weighted by atomic mass is 9.84. The molecule has 2 aromatic carbocycles. The Labute approximate surface area is 175 Å². The van der Waals surface area contributed by atoms with Crippen LogP contribution in [0.4, 0.5) is 10.8 Å². The van der Waals surface area contributed by atoms with Crippen LogP contribution in [-0.2, 0) is 10.2 Å². The highest BCUT2D eigenvalue weighted by Gasteiger charge is 2.30. The minimum atomic E-state index is -0.689. The molecule has 2 N–H and O–H groups in total. The summed E-state index contributed by atoms with van der Waals surface area (Å²) in [5, 5.41) is 7.98. The average molecular weight is 423 g/mol. The zero-order chi connectivity index (χ0) is 20.4. The molecule has 0 atom stereocenters. The summed E-state index contributed by atoms with van der Waals surface area (Å²) in [6, 6.07) is 15.1. The zero-order valence-electron chi connectivity index (χ0n) is 15.8. The predicted molar refractivity (Wildman–Crippen MR) is 118 cm³/mol. The van der Waals surface area contributed by atoms with Gasteiger partial charge >= 0.3 is 0 Å². The molecule has 0 saturated heterocycles. The van der Waals surface area contributed by atoms with E-state index >= 15 is 0 Å². The lowest BCUT2D eigenvalue weighted by Gasteiger charge is -2.23. The molecular formula is C21H18N4O2S2. The Morgan fingerprint density at radius 2 is 1.83 bits per heavy atom. The topological polar surface area (TPSA) is 84.0 Å². The Hall–Kier alpha value is -3.10. The molecule has 0 radical (unpaired) electrons. The number of hydrogen-bond acceptors (Lipinski definition) is 6. The van der Waals surface area contributed by atoms with Crippen LogP contribution in [0.5, 0.6) is 0 Å². The molecule has 0 aliphatic heterocycles. The first-order valence-corrected chi connectivity index (χ1v) is 10.7. The first-order chi connectivity index (χ1) is 13.9. The third-order valence-electron chi connectivity index (χ3n) is 4.59. The molecular weight excluding hydrogens is 404 g/mol. The number of rotatable bonds is 5. The van der Waals surface area contributed by atoms with Crippen molar-refractivity contribution in [1.29, 1.82) is 0 Å². The number of hydrogen-bond donors (Lipinski definition) is 2. The number of fused-ring (bicyclic) bond motifs is 1. The first kappa shape index (κ1) is 19.2. The highest BCUT2D eigenvalue weighted by molar-refractivity contribution is 7.22. The SMILES string of the molecule is CC(C)(C(=O)Nc1nc2ccc(NC(=O)c3cscn3)cc2s1)c1ccccc1. The highest BCUT2D eigenvalue weighted by Crippen LogP contribution is 2.31. The number of nitrogens with one attached hydrogen (secondary N) is 2. The average Bonchev–Trinajstić information content (AvgIpc) is 3.38. The van der Waals surface area contributed by atoms with E-state index in [9.17, 15) is 9.59 Å². The number of thiazole rings is 2. The van der Waals surface area contributed by atoms with E-state index in [0.29, 0.717) is 16.5 Å². The van der Waals surface area contributed by atoms with E-state index in [-0.39, 0.29) is 11.8 Å². The van der Waals surface area contributed by atoms with Gasteiger partial charge in [-0.2, -0.15) is 0 Å². The molecule has 0 spiro atoms. The number of nitrogens with zero attached hydrogens (tertiary/aromatic N) is 2. The molecule has 0 bridgehead atoms. The number of benzene rings is 2. The molecule has 2 heterocycles. The Kier molecular flexibility index (Phi) is 5.12. The Balaban J connectivity index is 1.52. The van der Waals surface area contributed by atoms with E-state index < -0.39 is 5.41 Å². The number of amides is 2. The molecule has 6 nitrogen and oxygen atoms in total. The fraction of sp³-hybridized carbons (Fsp3) is 0.143. The van der Waals surface area contributed by atoms with Crippen LogP contribution in [0.3, 0.4) is 0 Å². The van der Waals surface area contributed by atoms with Crippen molar-refractivity contribution in [3.05, 3.63) is 70.7 Å². The summed E-state index contributed by atoms with van der Waals surface area (Å²) in [6.07, 6.45) is 0. The van der Waals surface area contributed by atoms with Crippen molar-refractivity contribution in [3.8, 4) is 0 Å². The van der Waals surface area contributed by atoms with Crippen LogP contribution >= 0.6 is 22.7 Å². The Bertz CT molecular complexity index is 1170. The zero-order valence-corrected chi connectivity index (χ0v) is 17.4. The van der Waals surface area contributed by atoms with Crippen molar-refractivity contribution < 1.29 is 9.59 Å². The fourth-order valence-corrected chi connectivity index (χ4v) is 4.25. The van der Waals surface area contributed by atoms with Crippen LogP contribution in [0, 0.1) is 0 Å². The molecule has 0 aliphatic carbocycles. The summed E-state index contributed by atoms with van der Waals surface area (Å²) in [7, 11) is 0. The van der Waals surface area contributed by atoms with Gasteiger partial charge in [-0.3, -0.25) is 9.59 Å². The maximum atomic E-state index is 12.8. The first-order valence-electron chi connectivity index (χ1n) is 8.90. The van der Waals surface area contributed by atoms with Crippen LogP contribution in [-0.4, -0.2) is 21.8 Å². The second kappa shape index (κ2) is 7.73. The fourth-order valence-electron chi connectivity index (χ4n) is 2.81. The van der Waals surface area contributed by atoms with Gasteiger partial charge in [0.1, 0.15) is 5.69 Å². The van der Waals surface area contributed by atoms with Crippen LogP contribution in [0.15, 0.2) is 59.4 Å². The largest absolute Gasteiger partial charge is 0.321 e. The van der Waals surface area contributed by atoms with Crippen molar-refractivity contribution >= 4 is 55.5 Å². The van der Waals surface area contributed by atoms with Gasteiger partial charge in [-0.1, -0.05) is 41.7 Å². The van der Waals surface area contributed by atoms with Crippen molar-refractivity contribution in [2.75, 3.05) is 10.6 Å². The molecule has 2 amide bonds. The van der Waals surface area contributed by atoms with E-state index in [4.69, 9.17) is 0 Å². The predicted octanol–water partition coefficient (Wildman–Crippen LogP) is 4.92. The maximum absolute atomic E-state index is 12.8. The summed E-state index contributed by atoms with van der Waals surface area (Å²) in [4.78, 5) is 33.5. The summed E-state index contributed by atoms with van der Waals surface area (Å²) in [5.74, 6) is -0.381. The van der Waals surface area contributed by atoms with Crippen LogP contribution in [0.25, 0.3) is 10.2 Å². The minimum absolute atomic E-state index is 0.125. The van der Waals surface area contributed by atoms with E-state index in [1.54, 1.807) is 17.0 Å². The summed E-state index contributed by atoms with van der Waals surface area (Å²) in [6.45, 7) is 3.77. The van der Waals surface area contributed by atoms with Gasteiger partial charge < -0.3 is 10.6 Å². The summed E-state index contributed by atoms with van der Waals surface area (Å²) >= 11 is 2.74. The van der Waals surface area contributed by atoms with Crippen LogP contribution in [0.1, 0.15) is 29.9 Å². The van der Waals surface area contributed by atoms with Crippen molar-refractivity contribution in [2.45, 2.75) is 19.3 Å². The van der Waals surface area contributed by atoms with Gasteiger partial charge in [0, 0.05) is 11.1 Å². The molecule has 0 saturated carbocycles. The quantitative estimate of drug-likeness (QED) is 0.478. The normalized spacial score (nSPS) is 11.4. The molecule has 0 unspecified atom stereocenters. The molecule has 4 aromatic rings. The van der Waals surface area contributed by atoms with E-state index in [1.165, 1.54) is 22.7 Å². The van der Waals surface area contributed by atoms with Crippen molar-refractivity contribution in [3.63, 3.8) is 0 Å². The number of aromatic nitrogens is 2. The summed E-state index contributed by atoms with van der Waals surface area (Å²) < 4.78 is 0.869. The third-order valence-corrected chi connectivity index (χ3v) is 6.11. The molecule has 2 aromatic heterocycles. The molecule has 0 fully saturated rings. The highest BCUT2D eigenvalue weighted by atomic mass is 32.1. The molecule has 146 valence electrons. The van der Waals surface area contributed by atoms with Gasteiger partial charge in [0.05, 0.1) is 21.1 Å². The summed E-state index contributed by atoms with van der Waals surface area (Å²) in [5.41, 5.74) is 3.66. The molecule has 29 heavy (non-hydrogen) atoms. The minimum Gasteiger partial charge on any atom is -0.321 e. The van der Waals surface area contributed by atoms with Crippen LogP contribution in [0.2, 0.25) is 0 Å². The monoisotopic (exact) mass is 422 g/mol. The van der Waals surface area contributed by atoms with Crippen LogP contribution < -0.4 is 10.6 Å². The number of carbonyl (C=O) groups excluding carboxylic acids is 2. The Morgan fingerprint density at radius 1 is 1.03 bits per heavy atom.